The van der Waals surface area contributed by atoms with Gasteiger partial charge >= 0.3 is 0 Å². The molecule has 6 nitrogen and oxygen atoms in total. The van der Waals surface area contributed by atoms with Crippen LogP contribution in [0, 0.1) is 12.7 Å². The molecule has 1 aromatic carbocycles. The van der Waals surface area contributed by atoms with Crippen LogP contribution in [-0.4, -0.2) is 38.7 Å². The highest BCUT2D eigenvalue weighted by Crippen LogP contribution is 2.19. The molecule has 0 fully saturated rings. The molecule has 0 saturated carbocycles. The van der Waals surface area contributed by atoms with E-state index in [1.165, 1.54) is 22.9 Å². The number of carbonyl (C=O) groups is 1. The normalized spacial score (nSPS) is 12.2. The highest BCUT2D eigenvalue weighted by Gasteiger charge is 2.19. The molecule has 124 valence electrons. The second kappa shape index (κ2) is 7.52. The predicted molar refractivity (Wildman–Crippen MR) is 84.3 cm³/mol. The summed E-state index contributed by atoms with van der Waals surface area (Å²) in [5.41, 5.74) is 0.640. The molecule has 2 aromatic rings. The molecule has 0 radical (unpaired) electrons. The molecule has 0 saturated heterocycles. The number of aromatic nitrogens is 3. The van der Waals surface area contributed by atoms with Gasteiger partial charge in [0.1, 0.15) is 11.5 Å². The molecular weight excluding hydrogens is 323 g/mol. The van der Waals surface area contributed by atoms with Crippen molar-refractivity contribution >= 4 is 17.5 Å². The third-order valence-electron chi connectivity index (χ3n) is 3.37. The molecule has 2 N–H and O–H groups in total. The zero-order valence-corrected chi connectivity index (χ0v) is 13.6. The molecule has 2 rings (SSSR count). The first-order valence-electron chi connectivity index (χ1n) is 7.28. The van der Waals surface area contributed by atoms with Gasteiger partial charge in [0.05, 0.1) is 11.8 Å². The van der Waals surface area contributed by atoms with E-state index in [-0.39, 0.29) is 22.9 Å². The minimum atomic E-state index is -0.604. The second-order valence-electron chi connectivity index (χ2n) is 5.18. The van der Waals surface area contributed by atoms with Crippen molar-refractivity contribution in [1.82, 2.24) is 20.3 Å². The lowest BCUT2D eigenvalue weighted by Crippen LogP contribution is -2.32. The Morgan fingerprint density at radius 1 is 1.52 bits per heavy atom. The van der Waals surface area contributed by atoms with Crippen LogP contribution >= 0.6 is 11.6 Å². The maximum absolute atomic E-state index is 14.0. The highest BCUT2D eigenvalue weighted by atomic mass is 35.5. The number of aliphatic hydroxyl groups is 1. The van der Waals surface area contributed by atoms with Gasteiger partial charge in [-0.05, 0) is 31.5 Å². The molecule has 1 aromatic heterocycles. The van der Waals surface area contributed by atoms with Crippen LogP contribution in [0.4, 0.5) is 4.39 Å². The summed E-state index contributed by atoms with van der Waals surface area (Å²) in [6.07, 6.45) is 0.817. The first kappa shape index (κ1) is 17.4. The van der Waals surface area contributed by atoms with Crippen LogP contribution in [0.1, 0.15) is 35.9 Å². The van der Waals surface area contributed by atoms with Crippen molar-refractivity contribution < 1.29 is 14.3 Å². The third-order valence-corrected chi connectivity index (χ3v) is 3.60. The van der Waals surface area contributed by atoms with Crippen LogP contribution in [0.25, 0.3) is 5.69 Å². The van der Waals surface area contributed by atoms with E-state index in [0.717, 1.165) is 6.42 Å². The molecule has 8 heteroatoms. The van der Waals surface area contributed by atoms with Gasteiger partial charge in [0.15, 0.2) is 5.69 Å². The average Bonchev–Trinajstić information content (AvgIpc) is 2.87. The van der Waals surface area contributed by atoms with Crippen molar-refractivity contribution in [3.8, 4) is 5.69 Å². The minimum Gasteiger partial charge on any atom is -0.391 e. The Labute approximate surface area is 138 Å². The number of nitrogens with zero attached hydrogens (tertiary/aromatic N) is 3. The van der Waals surface area contributed by atoms with Crippen molar-refractivity contribution in [3.05, 3.63) is 40.4 Å². The Bertz CT molecular complexity index is 705. The standard InChI is InChI=1S/C15H18ClFN4O2/c1-3-4-11(22)8-18-15(23)14-9(2)21(20-19-14)13-6-5-10(16)7-12(13)17/h5-7,11,22H,3-4,8H2,1-2H3,(H,18,23). The first-order valence-corrected chi connectivity index (χ1v) is 7.65. The molecule has 1 unspecified atom stereocenters. The third kappa shape index (κ3) is 4.05. The van der Waals surface area contributed by atoms with Gasteiger partial charge in [0.2, 0.25) is 0 Å². The van der Waals surface area contributed by atoms with Crippen LogP contribution < -0.4 is 5.32 Å². The Balaban J connectivity index is 2.17. The lowest BCUT2D eigenvalue weighted by atomic mass is 10.2. The Morgan fingerprint density at radius 2 is 2.26 bits per heavy atom. The van der Waals surface area contributed by atoms with Gasteiger partial charge in [0, 0.05) is 11.6 Å². The summed E-state index contributed by atoms with van der Waals surface area (Å²) >= 11 is 5.72. The van der Waals surface area contributed by atoms with Crippen molar-refractivity contribution in [2.24, 2.45) is 0 Å². The molecular formula is C15H18ClFN4O2. The van der Waals surface area contributed by atoms with Crippen LogP contribution in [-0.2, 0) is 0 Å². The fraction of sp³-hybridized carbons (Fsp3) is 0.400. The zero-order chi connectivity index (χ0) is 17.0. The SMILES string of the molecule is CCCC(O)CNC(=O)c1nnn(-c2ccc(Cl)cc2F)c1C. The van der Waals surface area contributed by atoms with Crippen LogP contribution in [0.2, 0.25) is 5.02 Å². The predicted octanol–water partition coefficient (Wildman–Crippen LogP) is 2.26. The van der Waals surface area contributed by atoms with Crippen molar-refractivity contribution in [2.75, 3.05) is 6.54 Å². The van der Waals surface area contributed by atoms with E-state index in [0.29, 0.717) is 12.1 Å². The number of aliphatic hydroxyl groups excluding tert-OH is 1. The van der Waals surface area contributed by atoms with Crippen molar-refractivity contribution in [3.63, 3.8) is 0 Å². The molecule has 0 aliphatic heterocycles. The maximum atomic E-state index is 14.0. The zero-order valence-electron chi connectivity index (χ0n) is 12.9. The molecule has 0 spiro atoms. The lowest BCUT2D eigenvalue weighted by Gasteiger charge is -2.10. The number of hydrogen-bond acceptors (Lipinski definition) is 4. The number of halogens is 2. The molecule has 1 heterocycles. The quantitative estimate of drug-likeness (QED) is 0.845. The Morgan fingerprint density at radius 3 is 2.91 bits per heavy atom. The van der Waals surface area contributed by atoms with E-state index in [9.17, 15) is 14.3 Å². The van der Waals surface area contributed by atoms with Crippen molar-refractivity contribution in [1.29, 1.82) is 0 Å². The smallest absolute Gasteiger partial charge is 0.273 e. The summed E-state index contributed by atoms with van der Waals surface area (Å²) in [6.45, 7) is 3.70. The summed E-state index contributed by atoms with van der Waals surface area (Å²) in [5.74, 6) is -1.02. The van der Waals surface area contributed by atoms with E-state index in [1.807, 2.05) is 6.92 Å². The van der Waals surface area contributed by atoms with Gasteiger partial charge < -0.3 is 10.4 Å². The van der Waals surface area contributed by atoms with Gasteiger partial charge in [-0.15, -0.1) is 5.10 Å². The van der Waals surface area contributed by atoms with E-state index < -0.39 is 17.8 Å². The molecule has 1 atom stereocenters. The molecule has 0 bridgehead atoms. The molecule has 0 aliphatic carbocycles. The van der Waals surface area contributed by atoms with E-state index in [1.54, 1.807) is 6.92 Å². The number of nitrogens with one attached hydrogen (secondary N) is 1. The molecule has 1 amide bonds. The van der Waals surface area contributed by atoms with Crippen LogP contribution in [0.15, 0.2) is 18.2 Å². The molecule has 23 heavy (non-hydrogen) atoms. The summed E-state index contributed by atoms with van der Waals surface area (Å²) < 4.78 is 15.2. The summed E-state index contributed by atoms with van der Waals surface area (Å²) in [7, 11) is 0. The number of benzene rings is 1. The van der Waals surface area contributed by atoms with E-state index in [2.05, 4.69) is 15.6 Å². The fourth-order valence-corrected chi connectivity index (χ4v) is 2.31. The number of amides is 1. The summed E-state index contributed by atoms with van der Waals surface area (Å²) in [6, 6.07) is 4.16. The number of hydrogen-bond donors (Lipinski definition) is 2. The second-order valence-corrected chi connectivity index (χ2v) is 5.62. The van der Waals surface area contributed by atoms with E-state index >= 15 is 0 Å². The fourth-order valence-electron chi connectivity index (χ4n) is 2.15. The van der Waals surface area contributed by atoms with Gasteiger partial charge in [-0.2, -0.15) is 0 Å². The Kier molecular flexibility index (Phi) is 5.68. The minimum absolute atomic E-state index is 0.0862. The van der Waals surface area contributed by atoms with Gasteiger partial charge in [-0.3, -0.25) is 4.79 Å². The Hall–Kier alpha value is -1.99. The summed E-state index contributed by atoms with van der Waals surface area (Å²) in [5, 5.41) is 20.1. The van der Waals surface area contributed by atoms with Crippen molar-refractivity contribution in [2.45, 2.75) is 32.8 Å². The van der Waals surface area contributed by atoms with Gasteiger partial charge in [0.25, 0.3) is 5.91 Å². The topological polar surface area (TPSA) is 80.0 Å². The summed E-state index contributed by atoms with van der Waals surface area (Å²) in [4.78, 5) is 12.1. The van der Waals surface area contributed by atoms with Gasteiger partial charge in [-0.1, -0.05) is 30.2 Å². The van der Waals surface area contributed by atoms with Gasteiger partial charge in [-0.25, -0.2) is 9.07 Å². The van der Waals surface area contributed by atoms with Crippen LogP contribution in [0.5, 0.6) is 0 Å². The highest BCUT2D eigenvalue weighted by molar-refractivity contribution is 6.30. The lowest BCUT2D eigenvalue weighted by molar-refractivity contribution is 0.0904. The maximum Gasteiger partial charge on any atom is 0.273 e. The number of carbonyl (C=O) groups excluding carboxylic acids is 1. The first-order chi connectivity index (χ1) is 10.9. The van der Waals surface area contributed by atoms with E-state index in [4.69, 9.17) is 11.6 Å². The van der Waals surface area contributed by atoms with Crippen LogP contribution in [0.3, 0.4) is 0 Å². The average molecular weight is 341 g/mol. The molecule has 0 aliphatic rings. The largest absolute Gasteiger partial charge is 0.391 e. The number of rotatable bonds is 6. The monoisotopic (exact) mass is 340 g/mol.